The summed E-state index contributed by atoms with van der Waals surface area (Å²) < 4.78 is 0. The Morgan fingerprint density at radius 1 is 1.03 bits per heavy atom. The molecule has 2 amide bonds. The molecule has 8 heteroatoms. The average Bonchev–Trinajstić information content (AvgIpc) is 2.73. The van der Waals surface area contributed by atoms with E-state index in [-0.39, 0.29) is 6.03 Å². The van der Waals surface area contributed by atoms with E-state index >= 15 is 0 Å². The molecule has 4 rings (SSSR count). The number of fused-ring (bicyclic) bond motifs is 1. The number of benzene rings is 1. The van der Waals surface area contributed by atoms with Gasteiger partial charge in [0.05, 0.1) is 12.2 Å². The minimum absolute atomic E-state index is 0.0882. The van der Waals surface area contributed by atoms with Gasteiger partial charge in [-0.05, 0) is 19.2 Å². The highest BCUT2D eigenvalue weighted by Crippen LogP contribution is 2.28. The summed E-state index contributed by atoms with van der Waals surface area (Å²) in [6.45, 7) is 5.08. The number of likely N-dealkylation sites (N-methyl/N-ethyl adjacent to an activating group) is 1. The van der Waals surface area contributed by atoms with Crippen LogP contribution >= 0.6 is 0 Å². The molecule has 1 N–H and O–H groups in total. The molecule has 2 aliphatic rings. The van der Waals surface area contributed by atoms with Crippen molar-refractivity contribution in [2.45, 2.75) is 13.0 Å². The zero-order valence-electron chi connectivity index (χ0n) is 17.4. The van der Waals surface area contributed by atoms with Gasteiger partial charge in [0.25, 0.3) is 0 Å². The number of nitrogens with one attached hydrogen (secondary N) is 1. The highest BCUT2D eigenvalue weighted by molar-refractivity contribution is 5.89. The lowest BCUT2D eigenvalue weighted by Crippen LogP contribution is -2.46. The van der Waals surface area contributed by atoms with Gasteiger partial charge in [-0.25, -0.2) is 9.78 Å². The summed E-state index contributed by atoms with van der Waals surface area (Å²) >= 11 is 0. The van der Waals surface area contributed by atoms with Crippen molar-refractivity contribution in [1.82, 2.24) is 19.8 Å². The summed E-state index contributed by atoms with van der Waals surface area (Å²) in [5.74, 6) is 1.71. The number of rotatable bonds is 3. The molecule has 0 radical (unpaired) electrons. The molecule has 29 heavy (non-hydrogen) atoms. The molecule has 154 valence electrons. The molecule has 3 heterocycles. The normalized spacial score (nSPS) is 17.1. The lowest BCUT2D eigenvalue weighted by atomic mass is 10.1. The zero-order valence-corrected chi connectivity index (χ0v) is 17.4. The van der Waals surface area contributed by atoms with Crippen LogP contribution in [0.4, 0.5) is 22.2 Å². The summed E-state index contributed by atoms with van der Waals surface area (Å²) in [5, 5.41) is 2.98. The number of piperazine rings is 1. The van der Waals surface area contributed by atoms with E-state index in [0.29, 0.717) is 13.1 Å². The Labute approximate surface area is 172 Å². The van der Waals surface area contributed by atoms with Crippen LogP contribution in [0, 0.1) is 0 Å². The Morgan fingerprint density at radius 2 is 1.76 bits per heavy atom. The second-order valence-corrected chi connectivity index (χ2v) is 7.92. The van der Waals surface area contributed by atoms with Gasteiger partial charge in [-0.15, -0.1) is 0 Å². The maximum Gasteiger partial charge on any atom is 0.322 e. The third kappa shape index (κ3) is 4.27. The lowest BCUT2D eigenvalue weighted by Gasteiger charge is -2.35. The topological polar surface area (TPSA) is 67.8 Å². The second-order valence-electron chi connectivity index (χ2n) is 7.92. The number of nitrogens with zero attached hydrogens (tertiary/aromatic N) is 6. The third-order valence-corrected chi connectivity index (χ3v) is 5.55. The van der Waals surface area contributed by atoms with Crippen molar-refractivity contribution in [2.75, 3.05) is 69.0 Å². The summed E-state index contributed by atoms with van der Waals surface area (Å²) in [5.41, 5.74) is 2.90. The largest absolute Gasteiger partial charge is 0.362 e. The van der Waals surface area contributed by atoms with Gasteiger partial charge >= 0.3 is 6.03 Å². The van der Waals surface area contributed by atoms with Crippen molar-refractivity contribution in [1.29, 1.82) is 0 Å². The monoisotopic (exact) mass is 395 g/mol. The van der Waals surface area contributed by atoms with Crippen LogP contribution in [-0.2, 0) is 13.0 Å². The molecule has 8 nitrogen and oxygen atoms in total. The Hall–Kier alpha value is -2.87. The highest BCUT2D eigenvalue weighted by Gasteiger charge is 2.28. The molecular weight excluding hydrogens is 366 g/mol. The van der Waals surface area contributed by atoms with Crippen LogP contribution in [0.3, 0.4) is 0 Å². The van der Waals surface area contributed by atoms with Crippen molar-refractivity contribution in [2.24, 2.45) is 0 Å². The van der Waals surface area contributed by atoms with Crippen molar-refractivity contribution < 1.29 is 4.79 Å². The number of anilines is 3. The number of carbonyl (C=O) groups is 1. The minimum atomic E-state index is -0.0882. The SMILES string of the molecule is CN1CCN(c2nc3c(c(N(C)C)n2)CN(C(=O)Nc2ccccc2)CC3)CC1. The maximum absolute atomic E-state index is 12.8. The van der Waals surface area contributed by atoms with Gasteiger partial charge in [-0.2, -0.15) is 4.98 Å². The van der Waals surface area contributed by atoms with Crippen molar-refractivity contribution >= 4 is 23.5 Å². The van der Waals surface area contributed by atoms with Gasteiger partial charge < -0.3 is 24.9 Å². The molecule has 0 atom stereocenters. The van der Waals surface area contributed by atoms with E-state index in [1.807, 2.05) is 54.2 Å². The number of hydrogen-bond donors (Lipinski definition) is 1. The van der Waals surface area contributed by atoms with Gasteiger partial charge in [0.15, 0.2) is 0 Å². The Balaban J connectivity index is 1.55. The van der Waals surface area contributed by atoms with Gasteiger partial charge in [0.1, 0.15) is 5.82 Å². The maximum atomic E-state index is 12.8. The molecular formula is C21H29N7O. The Bertz CT molecular complexity index is 863. The molecule has 0 unspecified atom stereocenters. The summed E-state index contributed by atoms with van der Waals surface area (Å²) in [6, 6.07) is 9.47. The number of urea groups is 1. The molecule has 0 saturated carbocycles. The lowest BCUT2D eigenvalue weighted by molar-refractivity contribution is 0.206. The van der Waals surface area contributed by atoms with Gasteiger partial charge in [-0.3, -0.25) is 0 Å². The average molecular weight is 396 g/mol. The van der Waals surface area contributed by atoms with E-state index in [1.54, 1.807) is 0 Å². The number of aromatic nitrogens is 2. The molecule has 1 aromatic heterocycles. The summed E-state index contributed by atoms with van der Waals surface area (Å²) in [6.07, 6.45) is 0.738. The van der Waals surface area contributed by atoms with Crippen LogP contribution in [-0.4, -0.2) is 79.7 Å². The molecule has 1 saturated heterocycles. The molecule has 2 aliphatic heterocycles. The fourth-order valence-corrected chi connectivity index (χ4v) is 3.80. The fraction of sp³-hybridized carbons (Fsp3) is 0.476. The zero-order chi connectivity index (χ0) is 20.4. The minimum Gasteiger partial charge on any atom is -0.362 e. The summed E-state index contributed by atoms with van der Waals surface area (Å²) in [4.78, 5) is 31.0. The molecule has 2 aromatic rings. The van der Waals surface area contributed by atoms with Gasteiger partial charge in [-0.1, -0.05) is 18.2 Å². The first-order chi connectivity index (χ1) is 14.0. The van der Waals surface area contributed by atoms with Gasteiger partial charge in [0, 0.05) is 64.5 Å². The predicted molar refractivity (Wildman–Crippen MR) is 116 cm³/mol. The van der Waals surface area contributed by atoms with Crippen molar-refractivity contribution in [3.63, 3.8) is 0 Å². The van der Waals surface area contributed by atoms with Gasteiger partial charge in [0.2, 0.25) is 5.95 Å². The number of hydrogen-bond acceptors (Lipinski definition) is 6. The first kappa shape index (κ1) is 19.4. The smallest absolute Gasteiger partial charge is 0.322 e. The third-order valence-electron chi connectivity index (χ3n) is 5.55. The van der Waals surface area contributed by atoms with E-state index in [2.05, 4.69) is 22.2 Å². The molecule has 0 spiro atoms. The van der Waals surface area contributed by atoms with E-state index in [0.717, 1.165) is 61.3 Å². The second kappa shape index (κ2) is 8.24. The molecule has 1 fully saturated rings. The fourth-order valence-electron chi connectivity index (χ4n) is 3.80. The van der Waals surface area contributed by atoms with Crippen molar-refractivity contribution in [3.8, 4) is 0 Å². The highest BCUT2D eigenvalue weighted by atomic mass is 16.2. The quantitative estimate of drug-likeness (QED) is 0.856. The van der Waals surface area contributed by atoms with E-state index in [9.17, 15) is 4.79 Å². The molecule has 0 bridgehead atoms. The number of carbonyl (C=O) groups excluding carboxylic acids is 1. The van der Waals surface area contributed by atoms with E-state index in [1.165, 1.54) is 0 Å². The number of para-hydroxylation sites is 1. The first-order valence-corrected chi connectivity index (χ1v) is 10.1. The summed E-state index contributed by atoms with van der Waals surface area (Å²) in [7, 11) is 6.14. The predicted octanol–water partition coefficient (Wildman–Crippen LogP) is 1.88. The van der Waals surface area contributed by atoms with Crippen LogP contribution in [0.2, 0.25) is 0 Å². The van der Waals surface area contributed by atoms with Crippen LogP contribution in [0.25, 0.3) is 0 Å². The molecule has 1 aromatic carbocycles. The standard InChI is InChI=1S/C21H29N7O/c1-25(2)19-17-15-28(21(29)22-16-7-5-4-6-8-16)10-9-18(17)23-20(24-19)27-13-11-26(3)12-14-27/h4-8H,9-15H2,1-3H3,(H,22,29). The first-order valence-electron chi connectivity index (χ1n) is 10.1. The van der Waals surface area contributed by atoms with Crippen LogP contribution in [0.1, 0.15) is 11.3 Å². The number of amides is 2. The van der Waals surface area contributed by atoms with Crippen LogP contribution < -0.4 is 15.1 Å². The Morgan fingerprint density at radius 3 is 2.45 bits per heavy atom. The van der Waals surface area contributed by atoms with E-state index < -0.39 is 0 Å². The van der Waals surface area contributed by atoms with Crippen molar-refractivity contribution in [3.05, 3.63) is 41.6 Å². The van der Waals surface area contributed by atoms with Crippen LogP contribution in [0.5, 0.6) is 0 Å². The molecule has 0 aliphatic carbocycles. The van der Waals surface area contributed by atoms with E-state index in [4.69, 9.17) is 9.97 Å². The van der Waals surface area contributed by atoms with Crippen LogP contribution in [0.15, 0.2) is 30.3 Å². The Kier molecular flexibility index (Phi) is 5.53.